The van der Waals surface area contributed by atoms with Crippen molar-refractivity contribution in [2.75, 3.05) is 10.6 Å². The fourth-order valence-electron chi connectivity index (χ4n) is 2.01. The fraction of sp³-hybridized carbons (Fsp3) is 0.0667. The zero-order valence-corrected chi connectivity index (χ0v) is 11.7. The smallest absolute Gasteiger partial charge is 0.308 e. The van der Waals surface area contributed by atoms with Gasteiger partial charge in [0.05, 0.1) is 5.69 Å². The molecule has 7 heteroatoms. The predicted molar refractivity (Wildman–Crippen MR) is 80.9 cm³/mol. The number of hydrogen-bond donors (Lipinski definition) is 2. The molecule has 0 aliphatic heterocycles. The summed E-state index contributed by atoms with van der Waals surface area (Å²) in [5, 5.41) is 12.8. The van der Waals surface area contributed by atoms with Crippen molar-refractivity contribution in [3.05, 3.63) is 48.0 Å². The highest BCUT2D eigenvalue weighted by molar-refractivity contribution is 6.05. The van der Waals surface area contributed by atoms with E-state index in [-0.39, 0.29) is 5.78 Å². The Hall–Kier alpha value is -3.22. The maximum atomic E-state index is 12.0. The van der Waals surface area contributed by atoms with Gasteiger partial charge < -0.3 is 10.6 Å². The van der Waals surface area contributed by atoms with Gasteiger partial charge in [-0.15, -0.1) is 0 Å². The molecule has 2 N–H and O–H groups in total. The van der Waals surface area contributed by atoms with Gasteiger partial charge in [0.15, 0.2) is 11.3 Å². The lowest BCUT2D eigenvalue weighted by Crippen LogP contribution is -2.19. The van der Waals surface area contributed by atoms with E-state index in [1.807, 2.05) is 0 Å². The van der Waals surface area contributed by atoms with Crippen LogP contribution in [0.15, 0.2) is 47.1 Å². The Kier molecular flexibility index (Phi) is 3.53. The van der Waals surface area contributed by atoms with Gasteiger partial charge in [0.25, 0.3) is 0 Å². The van der Waals surface area contributed by atoms with Gasteiger partial charge in [-0.05, 0) is 41.5 Å². The van der Waals surface area contributed by atoms with Crippen molar-refractivity contribution in [2.45, 2.75) is 6.92 Å². The van der Waals surface area contributed by atoms with E-state index < -0.39 is 6.03 Å². The van der Waals surface area contributed by atoms with Crippen molar-refractivity contribution in [1.82, 2.24) is 10.3 Å². The van der Waals surface area contributed by atoms with Gasteiger partial charge in [-0.3, -0.25) is 4.79 Å². The van der Waals surface area contributed by atoms with Crippen LogP contribution < -0.4 is 10.6 Å². The molecule has 0 atom stereocenters. The Labute approximate surface area is 125 Å². The van der Waals surface area contributed by atoms with E-state index in [0.29, 0.717) is 28.0 Å². The molecule has 110 valence electrons. The van der Waals surface area contributed by atoms with E-state index in [1.54, 1.807) is 42.5 Å². The summed E-state index contributed by atoms with van der Waals surface area (Å²) < 4.78 is 4.64. The maximum absolute atomic E-state index is 12.0. The van der Waals surface area contributed by atoms with Crippen LogP contribution >= 0.6 is 0 Å². The summed E-state index contributed by atoms with van der Waals surface area (Å²) in [4.78, 5) is 23.4. The molecular weight excluding hydrogens is 284 g/mol. The van der Waals surface area contributed by atoms with E-state index in [9.17, 15) is 9.59 Å². The summed E-state index contributed by atoms with van der Waals surface area (Å²) in [6.07, 6.45) is 0. The van der Waals surface area contributed by atoms with E-state index in [4.69, 9.17) is 0 Å². The molecule has 0 bridgehead atoms. The number of Topliss-reactive ketones (excluding diaryl/α,β-unsaturated/α-hetero) is 1. The molecule has 1 heterocycles. The Morgan fingerprint density at radius 3 is 2.68 bits per heavy atom. The number of nitrogens with one attached hydrogen (secondary N) is 2. The van der Waals surface area contributed by atoms with Crippen LogP contribution in [0.5, 0.6) is 0 Å². The standard InChI is InChI=1S/C15H12N4O3/c1-9(20)10-4-2-5-11(8-10)16-15(21)17-12-6-3-7-13-14(12)19-22-18-13/h2-8H,1H3,(H2,16,17,21). The molecule has 0 fully saturated rings. The number of fused-ring (bicyclic) bond motifs is 1. The molecule has 0 aliphatic carbocycles. The first-order valence-corrected chi connectivity index (χ1v) is 6.54. The summed E-state index contributed by atoms with van der Waals surface area (Å²) in [5.41, 5.74) is 2.56. The molecule has 2 aromatic carbocycles. The van der Waals surface area contributed by atoms with Crippen LogP contribution in [0.25, 0.3) is 11.0 Å². The number of urea groups is 1. The van der Waals surface area contributed by atoms with Crippen LogP contribution in [0.2, 0.25) is 0 Å². The lowest BCUT2D eigenvalue weighted by molar-refractivity contribution is 0.101. The number of hydrogen-bond acceptors (Lipinski definition) is 5. The van der Waals surface area contributed by atoms with Crippen LogP contribution in [0, 0.1) is 0 Å². The molecule has 1 aromatic heterocycles. The molecule has 0 saturated carbocycles. The molecule has 7 nitrogen and oxygen atoms in total. The zero-order valence-electron chi connectivity index (χ0n) is 11.7. The van der Waals surface area contributed by atoms with Crippen molar-refractivity contribution >= 4 is 34.2 Å². The fourth-order valence-corrected chi connectivity index (χ4v) is 2.01. The Morgan fingerprint density at radius 2 is 1.86 bits per heavy atom. The highest BCUT2D eigenvalue weighted by Gasteiger charge is 2.10. The van der Waals surface area contributed by atoms with Crippen molar-refractivity contribution in [1.29, 1.82) is 0 Å². The summed E-state index contributed by atoms with van der Waals surface area (Å²) in [5.74, 6) is -0.0671. The second-order valence-corrected chi connectivity index (χ2v) is 4.65. The van der Waals surface area contributed by atoms with Crippen LogP contribution in [-0.4, -0.2) is 22.1 Å². The van der Waals surface area contributed by atoms with Crippen LogP contribution in [0.3, 0.4) is 0 Å². The average Bonchev–Trinajstić information content (AvgIpc) is 2.97. The normalized spacial score (nSPS) is 10.4. The quantitative estimate of drug-likeness (QED) is 0.724. The van der Waals surface area contributed by atoms with Crippen LogP contribution in [0.1, 0.15) is 17.3 Å². The van der Waals surface area contributed by atoms with Crippen molar-refractivity contribution in [2.24, 2.45) is 0 Å². The summed E-state index contributed by atoms with van der Waals surface area (Å²) >= 11 is 0. The van der Waals surface area contributed by atoms with Gasteiger partial charge in [0.2, 0.25) is 0 Å². The first-order chi connectivity index (χ1) is 10.6. The molecule has 22 heavy (non-hydrogen) atoms. The average molecular weight is 296 g/mol. The number of ketones is 1. The Balaban J connectivity index is 1.76. The minimum atomic E-state index is -0.448. The third-order valence-corrected chi connectivity index (χ3v) is 3.06. The number of carbonyl (C=O) groups is 2. The van der Waals surface area contributed by atoms with Crippen LogP contribution in [-0.2, 0) is 0 Å². The topological polar surface area (TPSA) is 97.1 Å². The number of rotatable bonds is 3. The lowest BCUT2D eigenvalue weighted by atomic mass is 10.1. The number of aromatic nitrogens is 2. The number of carbonyl (C=O) groups excluding carboxylic acids is 2. The molecule has 0 unspecified atom stereocenters. The van der Waals surface area contributed by atoms with E-state index in [0.717, 1.165) is 0 Å². The van der Waals surface area contributed by atoms with Gasteiger partial charge >= 0.3 is 6.03 Å². The Bertz CT molecular complexity index is 857. The summed E-state index contributed by atoms with van der Waals surface area (Å²) in [7, 11) is 0. The molecule has 3 aromatic rings. The first-order valence-electron chi connectivity index (χ1n) is 6.54. The van der Waals surface area contributed by atoms with Gasteiger partial charge in [0.1, 0.15) is 5.52 Å². The third kappa shape index (κ3) is 2.78. The number of amides is 2. The minimum absolute atomic E-state index is 0.0671. The second kappa shape index (κ2) is 5.65. The molecule has 3 rings (SSSR count). The first kappa shape index (κ1) is 13.7. The monoisotopic (exact) mass is 296 g/mol. The highest BCUT2D eigenvalue weighted by Crippen LogP contribution is 2.20. The van der Waals surface area contributed by atoms with E-state index in [1.165, 1.54) is 6.92 Å². The highest BCUT2D eigenvalue weighted by atomic mass is 16.6. The number of benzene rings is 2. The van der Waals surface area contributed by atoms with Crippen molar-refractivity contribution in [3.63, 3.8) is 0 Å². The largest absolute Gasteiger partial charge is 0.323 e. The number of nitrogens with zero attached hydrogens (tertiary/aromatic N) is 2. The lowest BCUT2D eigenvalue weighted by Gasteiger charge is -2.08. The zero-order chi connectivity index (χ0) is 15.5. The Morgan fingerprint density at radius 1 is 1.05 bits per heavy atom. The number of anilines is 2. The van der Waals surface area contributed by atoms with E-state index >= 15 is 0 Å². The molecule has 0 radical (unpaired) electrons. The maximum Gasteiger partial charge on any atom is 0.323 e. The molecular formula is C15H12N4O3. The van der Waals surface area contributed by atoms with E-state index in [2.05, 4.69) is 25.6 Å². The summed E-state index contributed by atoms with van der Waals surface area (Å²) in [6, 6.07) is 11.4. The van der Waals surface area contributed by atoms with Crippen LogP contribution in [0.4, 0.5) is 16.2 Å². The van der Waals surface area contributed by atoms with Crippen molar-refractivity contribution < 1.29 is 14.2 Å². The minimum Gasteiger partial charge on any atom is -0.308 e. The summed E-state index contributed by atoms with van der Waals surface area (Å²) in [6.45, 7) is 1.47. The molecule has 0 aliphatic rings. The second-order valence-electron chi connectivity index (χ2n) is 4.65. The van der Waals surface area contributed by atoms with Gasteiger partial charge in [-0.2, -0.15) is 0 Å². The van der Waals surface area contributed by atoms with Gasteiger partial charge in [0, 0.05) is 11.3 Å². The van der Waals surface area contributed by atoms with Crippen molar-refractivity contribution in [3.8, 4) is 0 Å². The SMILES string of the molecule is CC(=O)c1cccc(NC(=O)Nc2cccc3nonc23)c1. The van der Waals surface area contributed by atoms with Gasteiger partial charge in [-0.25, -0.2) is 9.42 Å². The molecule has 2 amide bonds. The third-order valence-electron chi connectivity index (χ3n) is 3.06. The van der Waals surface area contributed by atoms with Gasteiger partial charge in [-0.1, -0.05) is 18.2 Å². The molecule has 0 spiro atoms. The molecule has 0 saturated heterocycles. The predicted octanol–water partition coefficient (Wildman–Crippen LogP) is 3.07.